The first-order valence-electron chi connectivity index (χ1n) is 9.31. The van der Waals surface area contributed by atoms with E-state index in [1.54, 1.807) is 37.3 Å². The maximum absolute atomic E-state index is 12.7. The van der Waals surface area contributed by atoms with Crippen LogP contribution in [0.3, 0.4) is 0 Å². The molecule has 1 unspecified atom stereocenters. The first-order chi connectivity index (χ1) is 13.7. The lowest BCUT2D eigenvalue weighted by Gasteiger charge is -2.19. The van der Waals surface area contributed by atoms with Crippen molar-refractivity contribution in [3.8, 4) is 0 Å². The van der Waals surface area contributed by atoms with Crippen LogP contribution in [-0.4, -0.2) is 55.5 Å². The predicted molar refractivity (Wildman–Crippen MR) is 112 cm³/mol. The molecule has 0 saturated carbocycles. The van der Waals surface area contributed by atoms with Crippen molar-refractivity contribution in [1.82, 2.24) is 9.21 Å². The van der Waals surface area contributed by atoms with E-state index >= 15 is 0 Å². The molecule has 1 amide bonds. The van der Waals surface area contributed by atoms with E-state index in [1.807, 2.05) is 11.8 Å². The Morgan fingerprint density at radius 1 is 1.31 bits per heavy atom. The first kappa shape index (κ1) is 21.4. The van der Waals surface area contributed by atoms with Gasteiger partial charge >= 0.3 is 5.97 Å². The predicted octanol–water partition coefficient (Wildman–Crippen LogP) is 2.33. The van der Waals surface area contributed by atoms with E-state index in [-0.39, 0.29) is 17.6 Å². The smallest absolute Gasteiger partial charge is 0.337 e. The van der Waals surface area contributed by atoms with Crippen LogP contribution in [0.25, 0.3) is 0 Å². The molecule has 156 valence electrons. The second-order valence-corrected chi connectivity index (χ2v) is 9.89. The quantitative estimate of drug-likeness (QED) is 0.500. The molecule has 0 N–H and O–H groups in total. The molecule has 2 aliphatic heterocycles. The summed E-state index contributed by atoms with van der Waals surface area (Å²) in [5, 5.41) is 0.796. The van der Waals surface area contributed by atoms with E-state index in [1.165, 1.54) is 24.9 Å². The lowest BCUT2D eigenvalue weighted by molar-refractivity contribution is -0.139. The number of hydrogen-bond donors (Lipinski definition) is 0. The van der Waals surface area contributed by atoms with Crippen molar-refractivity contribution in [1.29, 1.82) is 0 Å². The van der Waals surface area contributed by atoms with Crippen LogP contribution in [0.4, 0.5) is 0 Å². The molecular weight excluding hydrogens is 412 g/mol. The van der Waals surface area contributed by atoms with Gasteiger partial charge in [-0.2, -0.15) is 0 Å². The van der Waals surface area contributed by atoms with Gasteiger partial charge in [-0.15, -0.1) is 11.8 Å². The lowest BCUT2D eigenvalue weighted by atomic mass is 10.1. The standard InChI is InChI=1S/C20H24N2O5S2/c1-4-27-20(24)18-14(2)11-22-16(12-28-19(18)22)10-17(23)21(3)29(25,26)13-15-8-6-5-7-9-15/h5-10,14H,4,11-13H2,1-3H3. The summed E-state index contributed by atoms with van der Waals surface area (Å²) in [6, 6.07) is 8.74. The molecule has 29 heavy (non-hydrogen) atoms. The number of hydrogen-bond acceptors (Lipinski definition) is 7. The fourth-order valence-electron chi connectivity index (χ4n) is 3.30. The van der Waals surface area contributed by atoms with Gasteiger partial charge in [0.2, 0.25) is 10.0 Å². The topological polar surface area (TPSA) is 84.0 Å². The van der Waals surface area contributed by atoms with Gasteiger partial charge in [0.25, 0.3) is 5.91 Å². The monoisotopic (exact) mass is 436 g/mol. The zero-order valence-electron chi connectivity index (χ0n) is 16.6. The van der Waals surface area contributed by atoms with Crippen molar-refractivity contribution >= 4 is 33.7 Å². The molecule has 9 heteroatoms. The van der Waals surface area contributed by atoms with Crippen LogP contribution in [-0.2, 0) is 30.1 Å². The van der Waals surface area contributed by atoms with Crippen LogP contribution in [0.15, 0.2) is 52.7 Å². The number of carbonyl (C=O) groups excluding carboxylic acids is 2. The third-order valence-electron chi connectivity index (χ3n) is 4.83. The minimum absolute atomic E-state index is 0.0186. The van der Waals surface area contributed by atoms with Crippen molar-refractivity contribution in [2.45, 2.75) is 19.6 Å². The Morgan fingerprint density at radius 3 is 2.66 bits per heavy atom. The van der Waals surface area contributed by atoms with E-state index in [0.717, 1.165) is 9.33 Å². The summed E-state index contributed by atoms with van der Waals surface area (Å²) in [4.78, 5) is 26.8. The Balaban J connectivity index is 1.77. The van der Waals surface area contributed by atoms with E-state index in [2.05, 4.69) is 0 Å². The molecule has 3 rings (SSSR count). The maximum Gasteiger partial charge on any atom is 0.337 e. The summed E-state index contributed by atoms with van der Waals surface area (Å²) in [6.45, 7) is 4.57. The molecule has 7 nitrogen and oxygen atoms in total. The SMILES string of the molecule is CCOC(=O)C1=C2SCC(=CC(=O)N(C)S(=O)(=O)Cc3ccccc3)N2CC1C. The van der Waals surface area contributed by atoms with Gasteiger partial charge in [0.15, 0.2) is 0 Å². The minimum Gasteiger partial charge on any atom is -0.463 e. The average molecular weight is 437 g/mol. The number of esters is 1. The van der Waals surface area contributed by atoms with Crippen LogP contribution < -0.4 is 0 Å². The van der Waals surface area contributed by atoms with Gasteiger partial charge in [-0.25, -0.2) is 17.5 Å². The highest BCUT2D eigenvalue weighted by Crippen LogP contribution is 2.45. The molecule has 1 aromatic carbocycles. The van der Waals surface area contributed by atoms with Gasteiger partial charge in [0, 0.05) is 37.0 Å². The normalized spacial score (nSPS) is 20.2. The molecule has 1 aromatic rings. The van der Waals surface area contributed by atoms with Crippen LogP contribution in [0, 0.1) is 5.92 Å². The van der Waals surface area contributed by atoms with Gasteiger partial charge in [0.1, 0.15) is 0 Å². The number of ether oxygens (including phenoxy) is 1. The third kappa shape index (κ3) is 4.51. The summed E-state index contributed by atoms with van der Waals surface area (Å²) in [6.07, 6.45) is 1.35. The van der Waals surface area contributed by atoms with E-state index in [0.29, 0.717) is 35.7 Å². The zero-order chi connectivity index (χ0) is 21.2. The van der Waals surface area contributed by atoms with Gasteiger partial charge in [-0.05, 0) is 12.5 Å². The third-order valence-corrected chi connectivity index (χ3v) is 7.70. The van der Waals surface area contributed by atoms with E-state index in [9.17, 15) is 18.0 Å². The van der Waals surface area contributed by atoms with Crippen LogP contribution in [0.5, 0.6) is 0 Å². The Morgan fingerprint density at radius 2 is 2.00 bits per heavy atom. The molecule has 0 bridgehead atoms. The highest BCUT2D eigenvalue weighted by molar-refractivity contribution is 8.03. The summed E-state index contributed by atoms with van der Waals surface area (Å²) in [7, 11) is -2.52. The molecule has 1 atom stereocenters. The van der Waals surface area contributed by atoms with E-state index < -0.39 is 15.9 Å². The van der Waals surface area contributed by atoms with Gasteiger partial charge in [-0.3, -0.25) is 4.79 Å². The van der Waals surface area contributed by atoms with Crippen molar-refractivity contribution in [2.75, 3.05) is 26.0 Å². The number of benzene rings is 1. The highest BCUT2D eigenvalue weighted by Gasteiger charge is 2.39. The van der Waals surface area contributed by atoms with Gasteiger partial charge in [-0.1, -0.05) is 37.3 Å². The lowest BCUT2D eigenvalue weighted by Crippen LogP contribution is -2.33. The summed E-state index contributed by atoms with van der Waals surface area (Å²) >= 11 is 1.47. The Bertz CT molecular complexity index is 970. The number of fused-ring (bicyclic) bond motifs is 1. The minimum atomic E-state index is -3.79. The molecule has 0 aliphatic carbocycles. The molecule has 0 radical (unpaired) electrons. The van der Waals surface area contributed by atoms with Crippen LogP contribution in [0.1, 0.15) is 19.4 Å². The number of thioether (sulfide) groups is 1. The van der Waals surface area contributed by atoms with Crippen LogP contribution in [0.2, 0.25) is 0 Å². The zero-order valence-corrected chi connectivity index (χ0v) is 18.3. The van der Waals surface area contributed by atoms with Gasteiger partial charge < -0.3 is 9.64 Å². The second-order valence-electron chi connectivity index (χ2n) is 6.92. The molecular formula is C20H24N2O5S2. The first-order valence-corrected chi connectivity index (χ1v) is 11.9. The molecule has 0 spiro atoms. The highest BCUT2D eigenvalue weighted by atomic mass is 32.2. The summed E-state index contributed by atoms with van der Waals surface area (Å²) in [5.41, 5.74) is 1.94. The molecule has 2 heterocycles. The number of sulfonamides is 1. The maximum atomic E-state index is 12.7. The fraction of sp³-hybridized carbons (Fsp3) is 0.400. The Kier molecular flexibility index (Phi) is 6.38. The Labute approximate surface area is 175 Å². The number of amides is 1. The van der Waals surface area contributed by atoms with E-state index in [4.69, 9.17) is 4.74 Å². The van der Waals surface area contributed by atoms with Crippen LogP contribution >= 0.6 is 11.8 Å². The average Bonchev–Trinajstić information content (AvgIpc) is 3.19. The largest absolute Gasteiger partial charge is 0.463 e. The second kappa shape index (κ2) is 8.62. The Hall–Kier alpha value is -2.26. The van der Waals surface area contributed by atoms with Crippen molar-refractivity contribution in [3.05, 3.63) is 58.3 Å². The van der Waals surface area contributed by atoms with Crippen molar-refractivity contribution in [2.24, 2.45) is 5.92 Å². The number of rotatable bonds is 6. The molecule has 2 aliphatic rings. The van der Waals surface area contributed by atoms with Gasteiger partial charge in [0.05, 0.1) is 23.0 Å². The van der Waals surface area contributed by atoms with Crippen molar-refractivity contribution in [3.63, 3.8) is 0 Å². The molecule has 1 fully saturated rings. The molecule has 0 aromatic heterocycles. The molecule has 1 saturated heterocycles. The number of carbonyl (C=O) groups is 2. The number of nitrogens with zero attached hydrogens (tertiary/aromatic N) is 2. The van der Waals surface area contributed by atoms with Crippen molar-refractivity contribution < 1.29 is 22.7 Å². The summed E-state index contributed by atoms with van der Waals surface area (Å²) < 4.78 is 31.1. The fourth-order valence-corrected chi connectivity index (χ4v) is 5.74. The summed E-state index contributed by atoms with van der Waals surface area (Å²) in [5.74, 6) is -0.694. The number of likely N-dealkylation sites (N-methyl/N-ethyl adjacent to an activating group) is 1.